The van der Waals surface area contributed by atoms with E-state index in [1.165, 1.54) is 0 Å². The molecule has 2 aromatic rings. The Kier molecular flexibility index (Phi) is 29.9. The summed E-state index contributed by atoms with van der Waals surface area (Å²) >= 11 is 0. The Morgan fingerprint density at radius 2 is 0.714 bits per heavy atom. The molecule has 0 aliphatic rings. The summed E-state index contributed by atoms with van der Waals surface area (Å²) in [6.45, 7) is 0. The molecule has 1 radical (unpaired) electrons. The van der Waals surface area contributed by atoms with E-state index in [9.17, 15) is 0 Å². The van der Waals surface area contributed by atoms with Crippen LogP contribution in [0, 0.1) is 22.3 Å². The summed E-state index contributed by atoms with van der Waals surface area (Å²) in [5.74, 6) is 0. The Balaban J connectivity index is -0.0000000556. The van der Waals surface area contributed by atoms with E-state index in [1.54, 1.807) is 24.8 Å². The van der Waals surface area contributed by atoms with Crippen molar-refractivity contribution in [1.29, 1.82) is 0 Å². The first-order valence-electron chi connectivity index (χ1n) is 3.03. The van der Waals surface area contributed by atoms with Gasteiger partial charge in [-0.15, -0.1) is 0 Å². The Bertz CT molecular complexity index is 153. The van der Waals surface area contributed by atoms with Crippen molar-refractivity contribution in [3.8, 4) is 0 Å². The fraction of sp³-hybridized carbons (Fsp3) is 0. The molecule has 0 atom stereocenters. The van der Waals surface area contributed by atoms with Gasteiger partial charge in [-0.05, 0) is 0 Å². The van der Waals surface area contributed by atoms with Crippen LogP contribution < -0.4 is 9.97 Å². The van der Waals surface area contributed by atoms with Crippen molar-refractivity contribution in [2.45, 2.75) is 0 Å². The summed E-state index contributed by atoms with van der Waals surface area (Å²) in [4.78, 5) is 7.44. The molecule has 0 aliphatic carbocycles. The maximum Gasteiger partial charge on any atom is 5.00 e. The van der Waals surface area contributed by atoms with E-state index in [0.717, 1.165) is 0 Å². The molecule has 0 spiro atoms. The van der Waals surface area contributed by atoms with Gasteiger partial charge in [0.05, 0.1) is 0 Å². The van der Waals surface area contributed by atoms with Gasteiger partial charge in [-0.25, -0.2) is 0 Å². The first kappa shape index (κ1) is 23.2. The van der Waals surface area contributed by atoms with E-state index in [4.69, 9.17) is 0 Å². The van der Waals surface area contributed by atoms with Crippen LogP contribution in [0.2, 0.25) is 0 Å². The first-order chi connectivity index (χ1) is 5.00. The van der Waals surface area contributed by atoms with E-state index in [-0.39, 0.29) is 41.8 Å². The molecular formula is C11H17N2Ru. The molecule has 79 valence electrons. The van der Waals surface area contributed by atoms with E-state index in [1.807, 2.05) is 24.3 Å². The zero-order valence-electron chi connectivity index (χ0n) is 8.87. The molecule has 0 saturated heterocycles. The van der Waals surface area contributed by atoms with Crippen molar-refractivity contribution in [3.05, 3.63) is 71.3 Å². The molecule has 14 heavy (non-hydrogen) atoms. The molecule has 2 heterocycles. The van der Waals surface area contributed by atoms with Crippen LogP contribution in [-0.4, -0.2) is 0 Å². The van der Waals surface area contributed by atoms with Crippen LogP contribution in [0.1, 0.15) is 0 Å². The third-order valence-electron chi connectivity index (χ3n) is 0.911. The average Bonchev–Trinajstić information content (AvgIpc) is 2.67. The molecule has 0 N–H and O–H groups in total. The van der Waals surface area contributed by atoms with Gasteiger partial charge in [0, 0.05) is 0 Å². The van der Waals surface area contributed by atoms with E-state index in [0.29, 0.717) is 0 Å². The molecule has 2 nitrogen and oxygen atoms in total. The first-order valence-corrected chi connectivity index (χ1v) is 3.03. The standard InChI is InChI=1S/2C4H4N.3CH3.Ru/c2*1-2-4-5-3-1;;;;/h2*1-4H;3*1H3;/q5*-1;+5. The summed E-state index contributed by atoms with van der Waals surface area (Å²) in [5, 5.41) is 0. The summed E-state index contributed by atoms with van der Waals surface area (Å²) in [5.41, 5.74) is 0. The van der Waals surface area contributed by atoms with Crippen molar-refractivity contribution < 1.29 is 19.5 Å². The molecule has 0 unspecified atom stereocenters. The van der Waals surface area contributed by atoms with Crippen LogP contribution in [0.25, 0.3) is 0 Å². The number of rotatable bonds is 0. The van der Waals surface area contributed by atoms with Crippen LogP contribution in [0.15, 0.2) is 49.1 Å². The molecular weight excluding hydrogens is 261 g/mol. The number of hydrogen-bond acceptors (Lipinski definition) is 0. The number of aromatic nitrogens is 2. The summed E-state index contributed by atoms with van der Waals surface area (Å²) < 4.78 is 0. The van der Waals surface area contributed by atoms with Crippen LogP contribution in [-0.2, 0) is 19.5 Å². The van der Waals surface area contributed by atoms with Gasteiger partial charge >= 0.3 is 19.5 Å². The molecule has 0 aromatic carbocycles. The summed E-state index contributed by atoms with van der Waals surface area (Å²) in [6, 6.07) is 7.56. The van der Waals surface area contributed by atoms with Crippen molar-refractivity contribution >= 4 is 0 Å². The molecule has 0 aliphatic heterocycles. The van der Waals surface area contributed by atoms with Gasteiger partial charge in [0.25, 0.3) is 0 Å². The van der Waals surface area contributed by atoms with Gasteiger partial charge in [-0.1, -0.05) is 24.3 Å². The second-order valence-corrected chi connectivity index (χ2v) is 1.66. The molecule has 2 aromatic heterocycles. The third-order valence-corrected chi connectivity index (χ3v) is 0.911. The minimum absolute atomic E-state index is 0. The zero-order valence-corrected chi connectivity index (χ0v) is 10.6. The topological polar surface area (TPSA) is 28.2 Å². The zero-order chi connectivity index (χ0) is 7.07. The van der Waals surface area contributed by atoms with Crippen molar-refractivity contribution in [2.75, 3.05) is 0 Å². The number of nitrogens with zero attached hydrogens (tertiary/aromatic N) is 2. The quantitative estimate of drug-likeness (QED) is 0.547. The fourth-order valence-corrected chi connectivity index (χ4v) is 0.497. The van der Waals surface area contributed by atoms with Gasteiger partial charge in [0.15, 0.2) is 0 Å². The predicted molar refractivity (Wildman–Crippen MR) is 58.8 cm³/mol. The Morgan fingerprint density at radius 1 is 0.500 bits per heavy atom. The summed E-state index contributed by atoms with van der Waals surface area (Å²) in [7, 11) is 0. The van der Waals surface area contributed by atoms with Gasteiger partial charge in [0.1, 0.15) is 0 Å². The predicted octanol–water partition coefficient (Wildman–Crippen LogP) is 2.64. The van der Waals surface area contributed by atoms with Crippen LogP contribution in [0.4, 0.5) is 0 Å². The van der Waals surface area contributed by atoms with E-state index < -0.39 is 0 Å². The van der Waals surface area contributed by atoms with Crippen LogP contribution >= 0.6 is 0 Å². The van der Waals surface area contributed by atoms with Crippen molar-refractivity contribution in [1.82, 2.24) is 9.97 Å². The molecule has 0 saturated carbocycles. The third kappa shape index (κ3) is 13.8. The molecule has 0 fully saturated rings. The van der Waals surface area contributed by atoms with E-state index in [2.05, 4.69) is 9.97 Å². The average molecular weight is 278 g/mol. The largest absolute Gasteiger partial charge is 5.00 e. The SMILES string of the molecule is [CH3-].[CH3-].[CH3-].[Ru+5].c1cc[n-]c1.c1cc[n-]c1. The Morgan fingerprint density at radius 3 is 0.786 bits per heavy atom. The van der Waals surface area contributed by atoms with Crippen molar-refractivity contribution in [3.63, 3.8) is 0 Å². The molecule has 0 bridgehead atoms. The maximum absolute atomic E-state index is 3.72. The monoisotopic (exact) mass is 279 g/mol. The minimum Gasteiger partial charge on any atom is -0.670 e. The smallest absolute Gasteiger partial charge is 0.670 e. The van der Waals surface area contributed by atoms with Gasteiger partial charge in [0.2, 0.25) is 0 Å². The Labute approximate surface area is 101 Å². The Hall–Kier alpha value is -0.817. The second kappa shape index (κ2) is 18.1. The van der Waals surface area contributed by atoms with Gasteiger partial charge in [-0.2, -0.15) is 24.8 Å². The molecule has 0 amide bonds. The molecule has 2 rings (SSSR count). The minimum atomic E-state index is 0. The fourth-order valence-electron chi connectivity index (χ4n) is 0.497. The van der Waals surface area contributed by atoms with E-state index >= 15 is 0 Å². The van der Waals surface area contributed by atoms with Crippen LogP contribution in [0.5, 0.6) is 0 Å². The van der Waals surface area contributed by atoms with Gasteiger partial charge in [-0.3, -0.25) is 0 Å². The molecule has 3 heteroatoms. The van der Waals surface area contributed by atoms with Gasteiger partial charge < -0.3 is 32.2 Å². The normalized spacial score (nSPS) is 5.71. The maximum atomic E-state index is 3.72. The van der Waals surface area contributed by atoms with Crippen LogP contribution in [0.3, 0.4) is 0 Å². The van der Waals surface area contributed by atoms with Crippen molar-refractivity contribution in [2.24, 2.45) is 0 Å². The summed E-state index contributed by atoms with van der Waals surface area (Å²) in [6.07, 6.45) is 7.00. The second-order valence-electron chi connectivity index (χ2n) is 1.66. The number of hydrogen-bond donors (Lipinski definition) is 0.